The van der Waals surface area contributed by atoms with E-state index < -0.39 is 51.5 Å². The molecule has 0 aliphatic carbocycles. The molecule has 0 fully saturated rings. The van der Waals surface area contributed by atoms with Crippen molar-refractivity contribution in [1.82, 2.24) is 0 Å². The van der Waals surface area contributed by atoms with Gasteiger partial charge in [-0.05, 0) is 0 Å². The Morgan fingerprint density at radius 3 is 1.35 bits per heavy atom. The summed E-state index contributed by atoms with van der Waals surface area (Å²) in [4.78, 5) is 0. The van der Waals surface area contributed by atoms with Gasteiger partial charge in [-0.2, -0.15) is 0 Å². The number of fused-ring (bicyclic) bond motifs is 1. The average molecular weight is 365 g/mol. The van der Waals surface area contributed by atoms with E-state index in [2.05, 4.69) is 0 Å². The van der Waals surface area contributed by atoms with E-state index in [1.165, 1.54) is 0 Å². The minimum absolute atomic E-state index is 0. The van der Waals surface area contributed by atoms with E-state index in [1.807, 2.05) is 0 Å². The molecule has 0 nitrogen and oxygen atoms in total. The van der Waals surface area contributed by atoms with Gasteiger partial charge in [0.1, 0.15) is 5.82 Å². The first-order valence-corrected chi connectivity index (χ1v) is 4.15. The molecule has 0 heterocycles. The smallest absolute Gasteiger partial charge is 1.00 e. The quantitative estimate of drug-likeness (QED) is 0.209. The first-order valence-electron chi connectivity index (χ1n) is 4.15. The molecule has 0 aromatic heterocycles. The normalized spacial score (nSPS) is 9.55. The summed E-state index contributed by atoms with van der Waals surface area (Å²) in [6.45, 7) is 0. The van der Waals surface area contributed by atoms with Gasteiger partial charge < -0.3 is 24.8 Å². The molecule has 2 aromatic rings. The maximum atomic E-state index is 13.1. The maximum absolute atomic E-state index is 13.1. The van der Waals surface area contributed by atoms with E-state index >= 15 is 0 Å². The van der Waals surface area contributed by atoms with E-state index in [0.29, 0.717) is 0 Å². The summed E-state index contributed by atoms with van der Waals surface area (Å²) in [5.74, 6) is -14.5. The number of hydrogen-bond donors (Lipinski definition) is 0. The predicted molar refractivity (Wildman–Crippen MR) is 49.4 cm³/mol. The minimum Gasteiger partial charge on any atom is -1.00 e. The fourth-order valence-corrected chi connectivity index (χ4v) is 1.43. The molecule has 0 aliphatic rings. The standard InChI is InChI=1S/C10HF7.Ca.2ClH/c11-2-1-3(12)6(13)5-4(2)7(14)9(16)10(17)8(5)15;;;/h1H;;2*1H/q;+2;;/p-2. The molecule has 2 aromatic carbocycles. The van der Waals surface area contributed by atoms with Crippen molar-refractivity contribution in [2.24, 2.45) is 0 Å². The second-order valence-electron chi connectivity index (χ2n) is 3.16. The van der Waals surface area contributed by atoms with Crippen LogP contribution in [0.3, 0.4) is 0 Å². The molecule has 0 unspecified atom stereocenters. The minimum atomic E-state index is -2.33. The van der Waals surface area contributed by atoms with Gasteiger partial charge in [0.25, 0.3) is 0 Å². The summed E-state index contributed by atoms with van der Waals surface area (Å²) in [5, 5.41) is -3.07. The van der Waals surface area contributed by atoms with Crippen molar-refractivity contribution in [1.29, 1.82) is 0 Å². The van der Waals surface area contributed by atoms with Gasteiger partial charge in [-0.25, -0.2) is 30.7 Å². The van der Waals surface area contributed by atoms with Crippen LogP contribution in [-0.4, -0.2) is 37.7 Å². The van der Waals surface area contributed by atoms with Crippen LogP contribution in [0.15, 0.2) is 6.07 Å². The Balaban J connectivity index is 0. The fourth-order valence-electron chi connectivity index (χ4n) is 1.43. The molecule has 2 rings (SSSR count). The Hall–Kier alpha value is 0.0497. The monoisotopic (exact) mass is 364 g/mol. The van der Waals surface area contributed by atoms with Crippen LogP contribution in [0.5, 0.6) is 0 Å². The molecule has 0 saturated carbocycles. The molecule has 0 saturated heterocycles. The van der Waals surface area contributed by atoms with Gasteiger partial charge in [-0.15, -0.1) is 0 Å². The maximum Gasteiger partial charge on any atom is 2.00 e. The van der Waals surface area contributed by atoms with Gasteiger partial charge in [-0.3, -0.25) is 0 Å². The van der Waals surface area contributed by atoms with Crippen molar-refractivity contribution in [3.63, 3.8) is 0 Å². The van der Waals surface area contributed by atoms with Crippen molar-refractivity contribution < 1.29 is 55.5 Å². The van der Waals surface area contributed by atoms with Crippen molar-refractivity contribution in [2.45, 2.75) is 0 Å². The summed E-state index contributed by atoms with van der Waals surface area (Å²) in [5.41, 5.74) is 0. The van der Waals surface area contributed by atoms with Crippen LogP contribution < -0.4 is 24.8 Å². The van der Waals surface area contributed by atoms with Crippen LogP contribution in [0.1, 0.15) is 0 Å². The molecule has 0 radical (unpaired) electrons. The van der Waals surface area contributed by atoms with Crippen molar-refractivity contribution >= 4 is 48.5 Å². The molecular formula is C10HCaCl2F7. The Labute approximate surface area is 150 Å². The number of benzene rings is 2. The van der Waals surface area contributed by atoms with Gasteiger partial charge in [0.2, 0.25) is 0 Å². The Bertz CT molecular complexity index is 648. The molecule has 0 atom stereocenters. The summed E-state index contributed by atoms with van der Waals surface area (Å²) >= 11 is 0. The zero-order chi connectivity index (χ0) is 12.9. The van der Waals surface area contributed by atoms with Gasteiger partial charge in [-0.1, -0.05) is 0 Å². The second-order valence-corrected chi connectivity index (χ2v) is 3.16. The zero-order valence-electron chi connectivity index (χ0n) is 9.19. The van der Waals surface area contributed by atoms with E-state index in [-0.39, 0.29) is 68.6 Å². The van der Waals surface area contributed by atoms with E-state index in [1.54, 1.807) is 0 Å². The van der Waals surface area contributed by atoms with E-state index in [4.69, 9.17) is 0 Å². The first-order chi connectivity index (χ1) is 7.86. The van der Waals surface area contributed by atoms with Gasteiger partial charge in [0, 0.05) is 6.07 Å². The molecular weight excluding hydrogens is 364 g/mol. The molecule has 0 spiro atoms. The SMILES string of the molecule is Fc1cc(F)c2c(F)c(F)c(F)c(F)c2c1F.[Ca+2].[Cl-].[Cl-]. The molecule has 0 N–H and O–H groups in total. The summed E-state index contributed by atoms with van der Waals surface area (Å²) in [6.07, 6.45) is 0. The second kappa shape index (κ2) is 7.89. The van der Waals surface area contributed by atoms with Crippen LogP contribution in [-0.2, 0) is 0 Å². The number of halogens is 9. The average Bonchev–Trinajstić information content (AvgIpc) is 2.28. The molecule has 20 heavy (non-hydrogen) atoms. The van der Waals surface area contributed by atoms with Gasteiger partial charge in [0.05, 0.1) is 10.8 Å². The summed E-state index contributed by atoms with van der Waals surface area (Å²) in [7, 11) is 0. The Morgan fingerprint density at radius 1 is 0.500 bits per heavy atom. The summed E-state index contributed by atoms with van der Waals surface area (Å²) < 4.78 is 90.6. The predicted octanol–water partition coefficient (Wildman–Crippen LogP) is -2.56. The third-order valence-corrected chi connectivity index (χ3v) is 2.19. The van der Waals surface area contributed by atoms with Crippen LogP contribution in [0.2, 0.25) is 0 Å². The zero-order valence-corrected chi connectivity index (χ0v) is 12.9. The topological polar surface area (TPSA) is 0 Å². The van der Waals surface area contributed by atoms with Crippen molar-refractivity contribution in [3.05, 3.63) is 46.8 Å². The third kappa shape index (κ3) is 3.27. The largest absolute Gasteiger partial charge is 2.00 e. The molecule has 10 heteroatoms. The first kappa shape index (κ1) is 22.3. The molecule has 106 valence electrons. The number of rotatable bonds is 0. The Morgan fingerprint density at radius 2 is 0.900 bits per heavy atom. The number of hydrogen-bond acceptors (Lipinski definition) is 0. The van der Waals surface area contributed by atoms with E-state index in [0.717, 1.165) is 0 Å². The van der Waals surface area contributed by atoms with Crippen LogP contribution >= 0.6 is 0 Å². The molecule has 0 bridgehead atoms. The van der Waals surface area contributed by atoms with Crippen LogP contribution in [0.25, 0.3) is 10.8 Å². The van der Waals surface area contributed by atoms with Crippen LogP contribution in [0, 0.1) is 40.7 Å². The van der Waals surface area contributed by atoms with Crippen LogP contribution in [0.4, 0.5) is 30.7 Å². The summed E-state index contributed by atoms with van der Waals surface area (Å²) in [6, 6.07) is -0.0858. The molecule has 0 amide bonds. The fraction of sp³-hybridized carbons (Fsp3) is 0. The third-order valence-electron chi connectivity index (χ3n) is 2.19. The van der Waals surface area contributed by atoms with Gasteiger partial charge in [0.15, 0.2) is 34.9 Å². The van der Waals surface area contributed by atoms with E-state index in [9.17, 15) is 30.7 Å². The van der Waals surface area contributed by atoms with Crippen molar-refractivity contribution in [3.8, 4) is 0 Å². The molecule has 0 aliphatic heterocycles. The Kier molecular flexibility index (Phi) is 8.81. The van der Waals surface area contributed by atoms with Gasteiger partial charge >= 0.3 is 37.7 Å². The van der Waals surface area contributed by atoms with Crippen molar-refractivity contribution in [2.75, 3.05) is 0 Å².